The molecule has 1 aromatic carbocycles. The van der Waals surface area contributed by atoms with Gasteiger partial charge in [0, 0.05) is 23.7 Å². The Bertz CT molecular complexity index is 1400. The van der Waals surface area contributed by atoms with Gasteiger partial charge in [-0.05, 0) is 25.0 Å². The second-order valence-corrected chi connectivity index (χ2v) is 7.53. The van der Waals surface area contributed by atoms with Crippen LogP contribution in [0.15, 0.2) is 53.0 Å². The minimum atomic E-state index is -0.411. The quantitative estimate of drug-likeness (QED) is 0.530. The lowest BCUT2D eigenvalue weighted by molar-refractivity contribution is 0.265. The van der Waals surface area contributed by atoms with Gasteiger partial charge in [-0.3, -0.25) is 0 Å². The molecule has 1 aliphatic heterocycles. The van der Waals surface area contributed by atoms with E-state index in [2.05, 4.69) is 15.1 Å². The second kappa shape index (κ2) is 7.84. The zero-order chi connectivity index (χ0) is 22.2. The van der Waals surface area contributed by atoms with Gasteiger partial charge in [0.15, 0.2) is 5.65 Å². The number of benzene rings is 1. The largest absolute Gasteiger partial charge is 0.496 e. The number of methoxy groups -OCH3 is 1. The van der Waals surface area contributed by atoms with Crippen LogP contribution in [-0.2, 0) is 4.74 Å². The lowest BCUT2D eigenvalue weighted by Gasteiger charge is -2.13. The first kappa shape index (κ1) is 19.8. The van der Waals surface area contributed by atoms with Crippen molar-refractivity contribution in [3.8, 4) is 28.3 Å². The van der Waals surface area contributed by atoms with Crippen LogP contribution in [-0.4, -0.2) is 37.9 Å². The third kappa shape index (κ3) is 3.37. The summed E-state index contributed by atoms with van der Waals surface area (Å²) in [5, 5.41) is 4.61. The van der Waals surface area contributed by atoms with Crippen molar-refractivity contribution in [2.45, 2.75) is 19.8 Å². The molecule has 1 aliphatic rings. The summed E-state index contributed by atoms with van der Waals surface area (Å²) in [7, 11) is 1.56. The topological polar surface area (TPSA) is 110 Å². The SMILES string of the molecule is COc1cc(-c2c(-c3ccccc3)nc(N)n3c(=O)n(C=C4CCCO4)nc23)cc(C)n1. The van der Waals surface area contributed by atoms with E-state index in [9.17, 15) is 4.79 Å². The Kier molecular flexibility index (Phi) is 4.85. The maximum atomic E-state index is 13.2. The van der Waals surface area contributed by atoms with Gasteiger partial charge < -0.3 is 15.2 Å². The number of ether oxygens (including phenoxy) is 2. The van der Waals surface area contributed by atoms with E-state index in [1.807, 2.05) is 43.3 Å². The number of nitrogens with two attached hydrogens (primary N) is 1. The van der Waals surface area contributed by atoms with E-state index < -0.39 is 5.69 Å². The van der Waals surface area contributed by atoms with Crippen molar-refractivity contribution >= 4 is 17.8 Å². The van der Waals surface area contributed by atoms with Crippen LogP contribution in [0.3, 0.4) is 0 Å². The van der Waals surface area contributed by atoms with Crippen molar-refractivity contribution in [3.63, 3.8) is 0 Å². The molecule has 9 nitrogen and oxygen atoms in total. The van der Waals surface area contributed by atoms with Crippen LogP contribution in [0.1, 0.15) is 18.5 Å². The first-order valence-electron chi connectivity index (χ1n) is 10.3. The summed E-state index contributed by atoms with van der Waals surface area (Å²) in [6.07, 6.45) is 3.29. The van der Waals surface area contributed by atoms with Crippen LogP contribution in [0, 0.1) is 6.92 Å². The molecule has 5 rings (SSSR count). The zero-order valence-electron chi connectivity index (χ0n) is 17.8. The number of allylic oxidation sites excluding steroid dienone is 1. The van der Waals surface area contributed by atoms with E-state index in [4.69, 9.17) is 15.2 Å². The van der Waals surface area contributed by atoms with E-state index in [0.717, 1.165) is 29.7 Å². The highest BCUT2D eigenvalue weighted by molar-refractivity contribution is 5.91. The molecule has 4 heterocycles. The monoisotopic (exact) mass is 430 g/mol. The molecule has 0 unspecified atom stereocenters. The van der Waals surface area contributed by atoms with Crippen LogP contribution in [0.25, 0.3) is 34.2 Å². The standard InChI is InChI=1S/C23H22N6O3/c1-14-11-16(12-18(25-14)31-2)19-20(15-7-4-3-5-8-15)26-22(24)29-21(19)27-28(23(29)30)13-17-9-6-10-32-17/h3-5,7-8,11-13H,6,9-10H2,1-2H3,(H2,24,26). The number of aryl methyl sites for hydroxylation is 1. The molecule has 9 heteroatoms. The highest BCUT2D eigenvalue weighted by Gasteiger charge is 2.22. The van der Waals surface area contributed by atoms with Crippen molar-refractivity contribution in [3.05, 3.63) is 64.4 Å². The molecule has 2 N–H and O–H groups in total. The lowest BCUT2D eigenvalue weighted by atomic mass is 10.00. The maximum Gasteiger partial charge on any atom is 0.357 e. The van der Waals surface area contributed by atoms with E-state index in [1.165, 1.54) is 9.08 Å². The first-order chi connectivity index (χ1) is 15.5. The molecule has 0 atom stereocenters. The number of nitrogen functional groups attached to an aromatic ring is 1. The Morgan fingerprint density at radius 2 is 1.97 bits per heavy atom. The highest BCUT2D eigenvalue weighted by Crippen LogP contribution is 2.35. The number of anilines is 1. The van der Waals surface area contributed by atoms with Crippen LogP contribution in [0.4, 0.5) is 5.95 Å². The first-order valence-corrected chi connectivity index (χ1v) is 10.3. The summed E-state index contributed by atoms with van der Waals surface area (Å²) < 4.78 is 13.5. The Balaban J connectivity index is 1.86. The van der Waals surface area contributed by atoms with E-state index in [-0.39, 0.29) is 5.95 Å². The Morgan fingerprint density at radius 1 is 1.16 bits per heavy atom. The van der Waals surface area contributed by atoms with Gasteiger partial charge in [-0.25, -0.2) is 19.2 Å². The van der Waals surface area contributed by atoms with Crippen LogP contribution in [0.2, 0.25) is 0 Å². The molecule has 4 aromatic rings. The Hall–Kier alpha value is -4.14. The molecule has 0 spiro atoms. The third-order valence-corrected chi connectivity index (χ3v) is 5.31. The van der Waals surface area contributed by atoms with Crippen molar-refractivity contribution in [1.29, 1.82) is 0 Å². The lowest BCUT2D eigenvalue weighted by Crippen LogP contribution is -2.20. The molecule has 162 valence electrons. The fraction of sp³-hybridized carbons (Fsp3) is 0.217. The van der Waals surface area contributed by atoms with Crippen molar-refractivity contribution in [2.75, 3.05) is 19.5 Å². The van der Waals surface area contributed by atoms with Gasteiger partial charge in [0.2, 0.25) is 11.8 Å². The molecule has 1 saturated heterocycles. The van der Waals surface area contributed by atoms with Gasteiger partial charge in [-0.15, -0.1) is 5.10 Å². The van der Waals surface area contributed by atoms with Crippen molar-refractivity contribution < 1.29 is 9.47 Å². The van der Waals surface area contributed by atoms with Gasteiger partial charge in [0.1, 0.15) is 5.76 Å². The summed E-state index contributed by atoms with van der Waals surface area (Å²) in [6.45, 7) is 2.51. The summed E-state index contributed by atoms with van der Waals surface area (Å²) in [5.74, 6) is 1.23. The predicted molar refractivity (Wildman–Crippen MR) is 121 cm³/mol. The van der Waals surface area contributed by atoms with Crippen LogP contribution < -0.4 is 16.2 Å². The van der Waals surface area contributed by atoms with Gasteiger partial charge in [0.05, 0.1) is 31.2 Å². The maximum absolute atomic E-state index is 13.2. The second-order valence-electron chi connectivity index (χ2n) is 7.53. The number of aromatic nitrogens is 5. The minimum Gasteiger partial charge on any atom is -0.496 e. The smallest absolute Gasteiger partial charge is 0.357 e. The fourth-order valence-electron chi connectivity index (χ4n) is 3.88. The molecule has 0 aliphatic carbocycles. The average molecular weight is 430 g/mol. The Morgan fingerprint density at radius 3 is 2.69 bits per heavy atom. The predicted octanol–water partition coefficient (Wildman–Crippen LogP) is 3.13. The summed E-state index contributed by atoms with van der Waals surface area (Å²) in [5.41, 5.74) is 9.90. The molecule has 3 aromatic heterocycles. The van der Waals surface area contributed by atoms with Crippen LogP contribution in [0.5, 0.6) is 5.88 Å². The molecule has 1 fully saturated rings. The molecule has 0 amide bonds. The number of hydrogen-bond acceptors (Lipinski definition) is 7. The fourth-order valence-corrected chi connectivity index (χ4v) is 3.88. The van der Waals surface area contributed by atoms with Crippen LogP contribution >= 0.6 is 0 Å². The normalized spacial score (nSPS) is 14.8. The van der Waals surface area contributed by atoms with Gasteiger partial charge in [-0.1, -0.05) is 30.3 Å². The number of rotatable bonds is 4. The molecular formula is C23H22N6O3. The van der Waals surface area contributed by atoms with E-state index in [0.29, 0.717) is 35.2 Å². The molecule has 0 bridgehead atoms. The van der Waals surface area contributed by atoms with Crippen molar-refractivity contribution in [1.82, 2.24) is 24.1 Å². The number of hydrogen-bond donors (Lipinski definition) is 1. The van der Waals surface area contributed by atoms with Gasteiger partial charge in [-0.2, -0.15) is 4.68 Å². The highest BCUT2D eigenvalue weighted by atomic mass is 16.5. The average Bonchev–Trinajstić information content (AvgIpc) is 3.42. The summed E-state index contributed by atoms with van der Waals surface area (Å²) in [4.78, 5) is 22.2. The number of fused-ring (bicyclic) bond motifs is 1. The van der Waals surface area contributed by atoms with Crippen molar-refractivity contribution in [2.24, 2.45) is 0 Å². The molecule has 0 radical (unpaired) electrons. The van der Waals surface area contributed by atoms with Gasteiger partial charge in [0.25, 0.3) is 0 Å². The summed E-state index contributed by atoms with van der Waals surface area (Å²) >= 11 is 0. The molecular weight excluding hydrogens is 408 g/mol. The van der Waals surface area contributed by atoms with E-state index >= 15 is 0 Å². The molecule has 32 heavy (non-hydrogen) atoms. The van der Waals surface area contributed by atoms with E-state index in [1.54, 1.807) is 19.4 Å². The van der Waals surface area contributed by atoms with Gasteiger partial charge >= 0.3 is 5.69 Å². The zero-order valence-corrected chi connectivity index (χ0v) is 17.8. The summed E-state index contributed by atoms with van der Waals surface area (Å²) in [6, 6.07) is 13.4. The number of pyridine rings is 1. The molecule has 0 saturated carbocycles. The number of nitrogens with zero attached hydrogens (tertiary/aromatic N) is 5. The minimum absolute atomic E-state index is 0.0577. The third-order valence-electron chi connectivity index (χ3n) is 5.31. The Labute approximate surface area is 183 Å².